The number of amides is 4. The number of carbonyl (C=O) groups excluding carboxylic acids is 3. The van der Waals surface area contributed by atoms with Crippen LogP contribution in [0.2, 0.25) is 0 Å². The van der Waals surface area contributed by atoms with Crippen LogP contribution in [0.25, 0.3) is 0 Å². The largest absolute Gasteiger partial charge is 0.480 e. The van der Waals surface area contributed by atoms with Gasteiger partial charge in [0, 0.05) is 7.05 Å². The second-order valence-corrected chi connectivity index (χ2v) is 5.82. The summed E-state index contributed by atoms with van der Waals surface area (Å²) in [6.45, 7) is 2.58. The summed E-state index contributed by atoms with van der Waals surface area (Å²) in [7, 11) is 1.33. The highest BCUT2D eigenvalue weighted by molar-refractivity contribution is 6.09. The number of hydrogen-bond acceptors (Lipinski definition) is 4. The molecule has 0 aromatic carbocycles. The van der Waals surface area contributed by atoms with Crippen LogP contribution in [-0.4, -0.2) is 63.9 Å². The molecule has 0 bridgehead atoms. The summed E-state index contributed by atoms with van der Waals surface area (Å²) < 4.78 is 0. The first-order valence-electron chi connectivity index (χ1n) is 6.81. The Balaban J connectivity index is 2.06. The molecule has 8 heteroatoms. The van der Waals surface area contributed by atoms with Crippen molar-refractivity contribution >= 4 is 23.8 Å². The number of aliphatic carboxylic acids is 1. The molecule has 4 amide bonds. The van der Waals surface area contributed by atoms with Crippen LogP contribution in [0, 0.1) is 5.92 Å². The standard InChI is InChI=1S/C13H19N3O5/c1-7(10(18)19)15(3)9(17)6-16-11(20)13(2,8-4-5-8)14-12(16)21/h7-8H,4-6H2,1-3H3,(H,14,21)(H,18,19)/t7-,13+/m0/s1. The van der Waals surface area contributed by atoms with E-state index in [9.17, 15) is 19.2 Å². The molecule has 0 aromatic heterocycles. The van der Waals surface area contributed by atoms with Crippen molar-refractivity contribution in [1.29, 1.82) is 0 Å². The lowest BCUT2D eigenvalue weighted by atomic mass is 9.96. The molecule has 8 nitrogen and oxygen atoms in total. The van der Waals surface area contributed by atoms with Crippen LogP contribution >= 0.6 is 0 Å². The fourth-order valence-corrected chi connectivity index (χ4v) is 2.43. The van der Waals surface area contributed by atoms with Crippen LogP contribution in [0.3, 0.4) is 0 Å². The fraction of sp³-hybridized carbons (Fsp3) is 0.692. The number of rotatable bonds is 5. The van der Waals surface area contributed by atoms with E-state index >= 15 is 0 Å². The summed E-state index contributed by atoms with van der Waals surface area (Å²) >= 11 is 0. The Morgan fingerprint density at radius 2 is 2.05 bits per heavy atom. The van der Waals surface area contributed by atoms with E-state index in [1.54, 1.807) is 6.92 Å². The van der Waals surface area contributed by atoms with Crippen molar-refractivity contribution in [1.82, 2.24) is 15.1 Å². The normalized spacial score (nSPS) is 26.5. The number of imide groups is 1. The Morgan fingerprint density at radius 1 is 1.48 bits per heavy atom. The van der Waals surface area contributed by atoms with Crippen LogP contribution < -0.4 is 5.32 Å². The number of carboxylic acids is 1. The molecule has 1 heterocycles. The number of carboxylic acid groups (broad SMARTS) is 1. The lowest BCUT2D eigenvalue weighted by Crippen LogP contribution is -2.48. The van der Waals surface area contributed by atoms with E-state index < -0.39 is 41.9 Å². The summed E-state index contributed by atoms with van der Waals surface area (Å²) in [4.78, 5) is 49.0. The number of hydrogen-bond donors (Lipinski definition) is 2. The van der Waals surface area contributed by atoms with Gasteiger partial charge >= 0.3 is 12.0 Å². The molecule has 1 aliphatic carbocycles. The van der Waals surface area contributed by atoms with Gasteiger partial charge in [-0.1, -0.05) is 0 Å². The Morgan fingerprint density at radius 3 is 2.52 bits per heavy atom. The molecule has 2 atom stereocenters. The molecular formula is C13H19N3O5. The summed E-state index contributed by atoms with van der Waals surface area (Å²) in [5.41, 5.74) is -0.936. The number of nitrogens with zero attached hydrogens (tertiary/aromatic N) is 2. The first-order chi connectivity index (χ1) is 9.68. The maximum atomic E-state index is 12.3. The smallest absolute Gasteiger partial charge is 0.326 e. The van der Waals surface area contributed by atoms with E-state index in [1.807, 2.05) is 0 Å². The second kappa shape index (κ2) is 5.01. The maximum absolute atomic E-state index is 12.3. The molecule has 1 saturated heterocycles. The Hall–Kier alpha value is -2.12. The SMILES string of the molecule is C[C@@H](C(=O)O)N(C)C(=O)CN1C(=O)N[C@](C)(C2CC2)C1=O. The highest BCUT2D eigenvalue weighted by Gasteiger charge is 2.56. The van der Waals surface area contributed by atoms with Crippen LogP contribution in [0.4, 0.5) is 4.79 Å². The average molecular weight is 297 g/mol. The molecule has 2 N–H and O–H groups in total. The van der Waals surface area contributed by atoms with E-state index in [-0.39, 0.29) is 5.92 Å². The molecule has 2 rings (SSSR count). The van der Waals surface area contributed by atoms with E-state index in [4.69, 9.17) is 5.11 Å². The number of carbonyl (C=O) groups is 4. The van der Waals surface area contributed by atoms with Crippen molar-refractivity contribution in [2.24, 2.45) is 5.92 Å². The summed E-state index contributed by atoms with van der Waals surface area (Å²) in [6, 6.07) is -1.62. The molecule has 0 aromatic rings. The maximum Gasteiger partial charge on any atom is 0.326 e. The zero-order valence-electron chi connectivity index (χ0n) is 12.3. The van der Waals surface area contributed by atoms with Crippen molar-refractivity contribution < 1.29 is 24.3 Å². The van der Waals surface area contributed by atoms with E-state index in [0.717, 1.165) is 22.6 Å². The predicted molar refractivity (Wildman–Crippen MR) is 71.2 cm³/mol. The molecule has 0 radical (unpaired) electrons. The highest BCUT2D eigenvalue weighted by Crippen LogP contribution is 2.42. The van der Waals surface area contributed by atoms with Gasteiger partial charge in [0.25, 0.3) is 5.91 Å². The van der Waals surface area contributed by atoms with E-state index in [0.29, 0.717) is 0 Å². The van der Waals surface area contributed by atoms with Gasteiger partial charge in [0.1, 0.15) is 18.1 Å². The number of nitrogens with one attached hydrogen (secondary N) is 1. The third-order valence-electron chi connectivity index (χ3n) is 4.32. The van der Waals surface area contributed by atoms with Crippen LogP contribution in [-0.2, 0) is 14.4 Å². The Kier molecular flexibility index (Phi) is 3.65. The van der Waals surface area contributed by atoms with Crippen LogP contribution in [0.15, 0.2) is 0 Å². The summed E-state index contributed by atoms with van der Waals surface area (Å²) in [6.07, 6.45) is 1.75. The van der Waals surface area contributed by atoms with Gasteiger partial charge in [0.2, 0.25) is 5.91 Å². The van der Waals surface area contributed by atoms with E-state index in [2.05, 4.69) is 5.32 Å². The van der Waals surface area contributed by atoms with Crippen molar-refractivity contribution in [3.05, 3.63) is 0 Å². The quantitative estimate of drug-likeness (QED) is 0.674. The molecule has 116 valence electrons. The van der Waals surface area contributed by atoms with E-state index in [1.165, 1.54) is 14.0 Å². The van der Waals surface area contributed by atoms with Crippen LogP contribution in [0.1, 0.15) is 26.7 Å². The third-order valence-corrected chi connectivity index (χ3v) is 4.32. The molecule has 21 heavy (non-hydrogen) atoms. The Labute approximate surface area is 122 Å². The first kappa shape index (κ1) is 15.3. The minimum absolute atomic E-state index is 0.115. The summed E-state index contributed by atoms with van der Waals surface area (Å²) in [5.74, 6) is -2.04. The van der Waals surface area contributed by atoms with Gasteiger partial charge in [-0.15, -0.1) is 0 Å². The van der Waals surface area contributed by atoms with Crippen molar-refractivity contribution in [2.45, 2.75) is 38.3 Å². The molecule has 2 aliphatic rings. The lowest BCUT2D eigenvalue weighted by Gasteiger charge is -2.24. The summed E-state index contributed by atoms with van der Waals surface area (Å²) in [5, 5.41) is 11.5. The molecule has 0 spiro atoms. The average Bonchev–Trinajstić information content (AvgIpc) is 3.23. The predicted octanol–water partition coefficient (Wildman–Crippen LogP) is -0.362. The van der Waals surface area contributed by atoms with Gasteiger partial charge in [-0.05, 0) is 32.6 Å². The number of likely N-dealkylation sites (N-methyl/N-ethyl adjacent to an activating group) is 1. The van der Waals surface area contributed by atoms with Crippen molar-refractivity contribution in [2.75, 3.05) is 13.6 Å². The first-order valence-corrected chi connectivity index (χ1v) is 6.81. The highest BCUT2D eigenvalue weighted by atomic mass is 16.4. The van der Waals surface area contributed by atoms with Gasteiger partial charge in [-0.2, -0.15) is 0 Å². The van der Waals surface area contributed by atoms with Gasteiger partial charge in [-0.3, -0.25) is 14.5 Å². The zero-order valence-corrected chi connectivity index (χ0v) is 12.3. The van der Waals surface area contributed by atoms with Gasteiger partial charge in [0.15, 0.2) is 0 Å². The van der Waals surface area contributed by atoms with Gasteiger partial charge < -0.3 is 15.3 Å². The molecule has 1 saturated carbocycles. The monoisotopic (exact) mass is 297 g/mol. The van der Waals surface area contributed by atoms with Crippen molar-refractivity contribution in [3.63, 3.8) is 0 Å². The molecule has 2 fully saturated rings. The molecule has 1 aliphatic heterocycles. The Bertz CT molecular complexity index is 516. The van der Waals surface area contributed by atoms with Crippen molar-refractivity contribution in [3.8, 4) is 0 Å². The molecular weight excluding hydrogens is 278 g/mol. The van der Waals surface area contributed by atoms with Gasteiger partial charge in [-0.25, -0.2) is 9.59 Å². The third kappa shape index (κ3) is 2.57. The zero-order chi connectivity index (χ0) is 15.9. The van der Waals surface area contributed by atoms with Crippen LogP contribution in [0.5, 0.6) is 0 Å². The second-order valence-electron chi connectivity index (χ2n) is 5.82. The lowest BCUT2D eigenvalue weighted by molar-refractivity contribution is -0.149. The number of urea groups is 1. The van der Waals surface area contributed by atoms with Gasteiger partial charge in [0.05, 0.1) is 0 Å². The minimum Gasteiger partial charge on any atom is -0.480 e. The topological polar surface area (TPSA) is 107 Å². The minimum atomic E-state index is -1.15. The fourth-order valence-electron chi connectivity index (χ4n) is 2.43. The molecule has 0 unspecified atom stereocenters.